The number of rotatable bonds is 3. The normalized spacial score (nSPS) is 11.1. The summed E-state index contributed by atoms with van der Waals surface area (Å²) >= 11 is 7.90. The molecular formula is C14H13ClS. The largest absolute Gasteiger partial charge is 0.145 e. The van der Waals surface area contributed by atoms with E-state index in [9.17, 15) is 0 Å². The van der Waals surface area contributed by atoms with Crippen LogP contribution < -0.4 is 0 Å². The molecule has 0 unspecified atom stereocenters. The van der Waals surface area contributed by atoms with Crippen molar-refractivity contribution in [3.63, 3.8) is 0 Å². The molecule has 82 valence electrons. The number of aryl methyl sites for hydroxylation is 1. The van der Waals surface area contributed by atoms with Gasteiger partial charge in [-0.05, 0) is 30.7 Å². The first kappa shape index (κ1) is 11.4. The van der Waals surface area contributed by atoms with Gasteiger partial charge in [0.25, 0.3) is 0 Å². The molecule has 0 amide bonds. The van der Waals surface area contributed by atoms with Crippen LogP contribution in [0.3, 0.4) is 0 Å². The Morgan fingerprint density at radius 1 is 1.19 bits per heavy atom. The Balaban J connectivity index is 2.03. The van der Waals surface area contributed by atoms with E-state index in [1.165, 1.54) is 9.75 Å². The SMILES string of the molecule is Cc1ccc(C/C=C/c2ccccc2Cl)s1. The number of hydrogen-bond donors (Lipinski definition) is 0. The molecule has 0 nitrogen and oxygen atoms in total. The minimum Gasteiger partial charge on any atom is -0.145 e. The topological polar surface area (TPSA) is 0 Å². The molecule has 0 aliphatic heterocycles. The van der Waals surface area contributed by atoms with Crippen LogP contribution in [0.15, 0.2) is 42.5 Å². The van der Waals surface area contributed by atoms with Crippen LogP contribution in [0.4, 0.5) is 0 Å². The van der Waals surface area contributed by atoms with Gasteiger partial charge in [0, 0.05) is 21.2 Å². The van der Waals surface area contributed by atoms with Gasteiger partial charge in [-0.2, -0.15) is 0 Å². The van der Waals surface area contributed by atoms with E-state index in [4.69, 9.17) is 11.6 Å². The van der Waals surface area contributed by atoms with E-state index < -0.39 is 0 Å². The average molecular weight is 249 g/mol. The summed E-state index contributed by atoms with van der Waals surface area (Å²) in [6.07, 6.45) is 5.22. The number of hydrogen-bond acceptors (Lipinski definition) is 1. The summed E-state index contributed by atoms with van der Waals surface area (Å²) < 4.78 is 0. The third-order valence-corrected chi connectivity index (χ3v) is 3.68. The number of halogens is 1. The van der Waals surface area contributed by atoms with Gasteiger partial charge in [-0.15, -0.1) is 11.3 Å². The van der Waals surface area contributed by atoms with E-state index in [0.717, 1.165) is 17.0 Å². The Kier molecular flexibility index (Phi) is 3.81. The number of thiophene rings is 1. The average Bonchev–Trinajstić information content (AvgIpc) is 2.67. The van der Waals surface area contributed by atoms with Crippen LogP contribution in [0.5, 0.6) is 0 Å². The van der Waals surface area contributed by atoms with Gasteiger partial charge in [0.05, 0.1) is 0 Å². The molecule has 0 aliphatic carbocycles. The lowest BCUT2D eigenvalue weighted by molar-refractivity contribution is 1.35. The van der Waals surface area contributed by atoms with E-state index >= 15 is 0 Å². The molecule has 1 aromatic carbocycles. The second-order valence-corrected chi connectivity index (χ2v) is 5.42. The van der Waals surface area contributed by atoms with Crippen molar-refractivity contribution in [3.05, 3.63) is 62.8 Å². The lowest BCUT2D eigenvalue weighted by Crippen LogP contribution is -1.75. The van der Waals surface area contributed by atoms with Crippen molar-refractivity contribution in [2.24, 2.45) is 0 Å². The zero-order valence-corrected chi connectivity index (χ0v) is 10.7. The van der Waals surface area contributed by atoms with Gasteiger partial charge in [-0.1, -0.05) is 42.0 Å². The zero-order valence-electron chi connectivity index (χ0n) is 9.11. The Morgan fingerprint density at radius 2 is 2.00 bits per heavy atom. The molecule has 0 aliphatic rings. The summed E-state index contributed by atoms with van der Waals surface area (Å²) in [7, 11) is 0. The Hall–Kier alpha value is -1.05. The van der Waals surface area contributed by atoms with Crippen LogP contribution in [0.25, 0.3) is 6.08 Å². The van der Waals surface area contributed by atoms with Crippen molar-refractivity contribution >= 4 is 29.0 Å². The van der Waals surface area contributed by atoms with Crippen LogP contribution in [0.2, 0.25) is 5.02 Å². The van der Waals surface area contributed by atoms with Gasteiger partial charge < -0.3 is 0 Å². The number of allylic oxidation sites excluding steroid dienone is 1. The highest BCUT2D eigenvalue weighted by atomic mass is 35.5. The highest BCUT2D eigenvalue weighted by Gasteiger charge is 1.95. The molecule has 2 aromatic rings. The molecule has 1 heterocycles. The van der Waals surface area contributed by atoms with E-state index in [1.54, 1.807) is 0 Å². The number of benzene rings is 1. The summed E-state index contributed by atoms with van der Waals surface area (Å²) in [6, 6.07) is 12.2. The summed E-state index contributed by atoms with van der Waals surface area (Å²) in [4.78, 5) is 2.75. The highest BCUT2D eigenvalue weighted by Crippen LogP contribution is 2.19. The van der Waals surface area contributed by atoms with Crippen LogP contribution in [-0.4, -0.2) is 0 Å². The molecular weight excluding hydrogens is 236 g/mol. The molecule has 0 radical (unpaired) electrons. The minimum absolute atomic E-state index is 0.807. The standard InChI is InChI=1S/C14H13ClS/c1-11-9-10-13(16-11)7-4-6-12-5-2-3-8-14(12)15/h2-6,8-10H,7H2,1H3/b6-4+. The summed E-state index contributed by atoms with van der Waals surface area (Å²) in [5.74, 6) is 0. The smallest absolute Gasteiger partial charge is 0.0478 e. The maximum atomic E-state index is 6.06. The molecule has 1 aromatic heterocycles. The van der Waals surface area contributed by atoms with Crippen molar-refractivity contribution < 1.29 is 0 Å². The highest BCUT2D eigenvalue weighted by molar-refractivity contribution is 7.11. The van der Waals surface area contributed by atoms with Gasteiger partial charge in [0.2, 0.25) is 0 Å². The monoisotopic (exact) mass is 248 g/mol. The zero-order chi connectivity index (χ0) is 11.4. The van der Waals surface area contributed by atoms with E-state index in [0.29, 0.717) is 0 Å². The van der Waals surface area contributed by atoms with Crippen molar-refractivity contribution in [2.75, 3.05) is 0 Å². The maximum Gasteiger partial charge on any atom is 0.0478 e. The molecule has 2 heteroatoms. The molecule has 0 saturated carbocycles. The summed E-state index contributed by atoms with van der Waals surface area (Å²) in [5.41, 5.74) is 1.08. The van der Waals surface area contributed by atoms with Crippen molar-refractivity contribution in [1.29, 1.82) is 0 Å². The Morgan fingerprint density at radius 3 is 2.69 bits per heavy atom. The van der Waals surface area contributed by atoms with Gasteiger partial charge in [-0.25, -0.2) is 0 Å². The lowest BCUT2D eigenvalue weighted by Gasteiger charge is -1.95. The van der Waals surface area contributed by atoms with Gasteiger partial charge in [0.1, 0.15) is 0 Å². The first-order valence-corrected chi connectivity index (χ1v) is 6.41. The summed E-state index contributed by atoms with van der Waals surface area (Å²) in [5, 5.41) is 0.807. The second kappa shape index (κ2) is 5.33. The van der Waals surface area contributed by atoms with Gasteiger partial charge in [0.15, 0.2) is 0 Å². The van der Waals surface area contributed by atoms with Crippen LogP contribution in [0.1, 0.15) is 15.3 Å². The molecule has 0 fully saturated rings. The predicted molar refractivity (Wildman–Crippen MR) is 73.2 cm³/mol. The molecule has 0 saturated heterocycles. The van der Waals surface area contributed by atoms with Crippen LogP contribution in [0, 0.1) is 6.92 Å². The predicted octanol–water partition coefficient (Wildman–Crippen LogP) is 4.97. The van der Waals surface area contributed by atoms with E-state index in [1.807, 2.05) is 35.6 Å². The summed E-state index contributed by atoms with van der Waals surface area (Å²) in [6.45, 7) is 2.13. The third-order valence-electron chi connectivity index (χ3n) is 2.32. The Bertz CT molecular complexity index is 497. The molecule has 0 bridgehead atoms. The first-order chi connectivity index (χ1) is 7.75. The lowest BCUT2D eigenvalue weighted by atomic mass is 10.2. The first-order valence-electron chi connectivity index (χ1n) is 5.22. The fraction of sp³-hybridized carbons (Fsp3) is 0.143. The second-order valence-electron chi connectivity index (χ2n) is 3.64. The maximum absolute atomic E-state index is 6.06. The minimum atomic E-state index is 0.807. The van der Waals surface area contributed by atoms with Crippen molar-refractivity contribution in [1.82, 2.24) is 0 Å². The molecule has 2 rings (SSSR count). The molecule has 0 N–H and O–H groups in total. The molecule has 0 atom stereocenters. The van der Waals surface area contributed by atoms with Crippen LogP contribution in [-0.2, 0) is 6.42 Å². The fourth-order valence-electron chi connectivity index (χ4n) is 1.51. The fourth-order valence-corrected chi connectivity index (χ4v) is 2.57. The van der Waals surface area contributed by atoms with E-state index in [2.05, 4.69) is 31.2 Å². The Labute approximate surface area is 105 Å². The third kappa shape index (κ3) is 2.97. The van der Waals surface area contributed by atoms with Gasteiger partial charge >= 0.3 is 0 Å². The van der Waals surface area contributed by atoms with Crippen LogP contribution >= 0.6 is 22.9 Å². The quantitative estimate of drug-likeness (QED) is 0.720. The molecule has 16 heavy (non-hydrogen) atoms. The van der Waals surface area contributed by atoms with E-state index in [-0.39, 0.29) is 0 Å². The molecule has 0 spiro atoms. The van der Waals surface area contributed by atoms with Gasteiger partial charge in [-0.3, -0.25) is 0 Å². The van der Waals surface area contributed by atoms with Crippen molar-refractivity contribution in [3.8, 4) is 0 Å². The van der Waals surface area contributed by atoms with Crippen molar-refractivity contribution in [2.45, 2.75) is 13.3 Å².